The van der Waals surface area contributed by atoms with E-state index in [4.69, 9.17) is 14.2 Å². The monoisotopic (exact) mass is 385 g/mol. The Morgan fingerprint density at radius 2 is 1.64 bits per heavy atom. The van der Waals surface area contributed by atoms with Gasteiger partial charge < -0.3 is 24.8 Å². The standard InChI is InChI=1S/C21H27N3O4/c1-26-17-11-16(12-18(27-2)20(17)28-3)23-15-9-10-19(22-13-15)24-21(25)14-7-5-4-6-8-14/h9-14,23H,4-8H2,1-3H3,(H,22,24,25). The summed E-state index contributed by atoms with van der Waals surface area (Å²) in [6.45, 7) is 0. The second-order valence-corrected chi connectivity index (χ2v) is 6.80. The normalized spacial score (nSPS) is 14.2. The first-order valence-electron chi connectivity index (χ1n) is 9.48. The molecule has 0 saturated heterocycles. The van der Waals surface area contributed by atoms with Crippen LogP contribution < -0.4 is 24.8 Å². The second-order valence-electron chi connectivity index (χ2n) is 6.80. The number of aromatic nitrogens is 1. The van der Waals surface area contributed by atoms with Crippen LogP contribution in [0.4, 0.5) is 17.2 Å². The van der Waals surface area contributed by atoms with Crippen LogP contribution >= 0.6 is 0 Å². The van der Waals surface area contributed by atoms with Gasteiger partial charge in [-0.3, -0.25) is 4.79 Å². The number of pyridine rings is 1. The van der Waals surface area contributed by atoms with Gasteiger partial charge in [-0.25, -0.2) is 4.98 Å². The van der Waals surface area contributed by atoms with Gasteiger partial charge in [-0.2, -0.15) is 0 Å². The Kier molecular flexibility index (Phi) is 6.57. The van der Waals surface area contributed by atoms with E-state index in [9.17, 15) is 4.79 Å². The van der Waals surface area contributed by atoms with E-state index >= 15 is 0 Å². The van der Waals surface area contributed by atoms with E-state index in [1.807, 2.05) is 18.2 Å². The summed E-state index contributed by atoms with van der Waals surface area (Å²) in [5.74, 6) is 2.40. The van der Waals surface area contributed by atoms with Gasteiger partial charge in [0.25, 0.3) is 0 Å². The van der Waals surface area contributed by atoms with Gasteiger partial charge in [-0.05, 0) is 25.0 Å². The van der Waals surface area contributed by atoms with Gasteiger partial charge in [0.05, 0.1) is 33.2 Å². The second kappa shape index (κ2) is 9.30. The lowest BCUT2D eigenvalue weighted by Crippen LogP contribution is -2.25. The van der Waals surface area contributed by atoms with E-state index in [0.717, 1.165) is 37.1 Å². The van der Waals surface area contributed by atoms with Gasteiger partial charge in [0.2, 0.25) is 11.7 Å². The summed E-state index contributed by atoms with van der Waals surface area (Å²) in [5.41, 5.74) is 1.56. The van der Waals surface area contributed by atoms with Gasteiger partial charge >= 0.3 is 0 Å². The fourth-order valence-electron chi connectivity index (χ4n) is 3.45. The molecule has 7 nitrogen and oxygen atoms in total. The molecule has 7 heteroatoms. The first kappa shape index (κ1) is 19.8. The lowest BCUT2D eigenvalue weighted by Gasteiger charge is -2.20. The molecule has 1 fully saturated rings. The minimum absolute atomic E-state index is 0.0672. The number of hydrogen-bond acceptors (Lipinski definition) is 6. The minimum Gasteiger partial charge on any atom is -0.493 e. The molecular formula is C21H27N3O4. The van der Waals surface area contributed by atoms with Crippen molar-refractivity contribution in [2.24, 2.45) is 5.92 Å². The number of carbonyl (C=O) groups excluding carboxylic acids is 1. The number of hydrogen-bond donors (Lipinski definition) is 2. The Morgan fingerprint density at radius 3 is 2.18 bits per heavy atom. The fourth-order valence-corrected chi connectivity index (χ4v) is 3.45. The molecule has 0 radical (unpaired) electrons. The summed E-state index contributed by atoms with van der Waals surface area (Å²) in [4.78, 5) is 16.7. The number of anilines is 3. The highest BCUT2D eigenvalue weighted by atomic mass is 16.5. The zero-order valence-electron chi connectivity index (χ0n) is 16.6. The zero-order chi connectivity index (χ0) is 19.9. The molecule has 1 heterocycles. The Labute approximate surface area is 165 Å². The van der Waals surface area contributed by atoms with Crippen LogP contribution in [0.25, 0.3) is 0 Å². The fraction of sp³-hybridized carbons (Fsp3) is 0.429. The average Bonchev–Trinajstić information content (AvgIpc) is 2.75. The summed E-state index contributed by atoms with van der Waals surface area (Å²) in [5, 5.41) is 6.18. The number of nitrogens with zero attached hydrogens (tertiary/aromatic N) is 1. The van der Waals surface area contributed by atoms with E-state index in [1.54, 1.807) is 33.6 Å². The summed E-state index contributed by atoms with van der Waals surface area (Å²) in [7, 11) is 4.72. The van der Waals surface area contributed by atoms with Crippen LogP contribution in [0.5, 0.6) is 17.2 Å². The number of benzene rings is 1. The predicted octanol–water partition coefficient (Wildman–Crippen LogP) is 4.37. The SMILES string of the molecule is COc1cc(Nc2ccc(NC(=O)C3CCCCC3)nc2)cc(OC)c1OC. The molecule has 0 atom stereocenters. The molecule has 1 amide bonds. The van der Waals surface area contributed by atoms with E-state index in [2.05, 4.69) is 15.6 Å². The van der Waals surface area contributed by atoms with E-state index in [-0.39, 0.29) is 11.8 Å². The zero-order valence-corrected chi connectivity index (χ0v) is 16.6. The topological polar surface area (TPSA) is 81.7 Å². The molecule has 28 heavy (non-hydrogen) atoms. The maximum Gasteiger partial charge on any atom is 0.228 e. The Balaban J connectivity index is 1.68. The maximum atomic E-state index is 12.3. The van der Waals surface area contributed by atoms with Crippen molar-refractivity contribution in [1.82, 2.24) is 4.98 Å². The quantitative estimate of drug-likeness (QED) is 0.737. The number of rotatable bonds is 7. The van der Waals surface area contributed by atoms with Crippen molar-refractivity contribution in [2.45, 2.75) is 32.1 Å². The lowest BCUT2D eigenvalue weighted by atomic mass is 9.89. The highest BCUT2D eigenvalue weighted by molar-refractivity contribution is 5.91. The highest BCUT2D eigenvalue weighted by Gasteiger charge is 2.21. The van der Waals surface area contributed by atoms with Crippen molar-refractivity contribution in [3.8, 4) is 17.2 Å². The molecule has 1 aliphatic carbocycles. The highest BCUT2D eigenvalue weighted by Crippen LogP contribution is 2.40. The summed E-state index contributed by atoms with van der Waals surface area (Å²) < 4.78 is 16.1. The third kappa shape index (κ3) is 4.65. The average molecular weight is 385 g/mol. The molecule has 0 unspecified atom stereocenters. The maximum absolute atomic E-state index is 12.3. The Hall–Kier alpha value is -2.96. The number of carbonyl (C=O) groups is 1. The van der Waals surface area contributed by atoms with Crippen LogP contribution in [0.15, 0.2) is 30.5 Å². The van der Waals surface area contributed by atoms with Crippen molar-refractivity contribution in [3.05, 3.63) is 30.5 Å². The molecule has 1 aromatic carbocycles. The third-order valence-electron chi connectivity index (χ3n) is 4.94. The van der Waals surface area contributed by atoms with Gasteiger partial charge in [0, 0.05) is 23.7 Å². The smallest absolute Gasteiger partial charge is 0.228 e. The summed E-state index contributed by atoms with van der Waals surface area (Å²) in [6.07, 6.45) is 7.09. The molecule has 1 aliphatic rings. The summed E-state index contributed by atoms with van der Waals surface area (Å²) >= 11 is 0. The van der Waals surface area contributed by atoms with Crippen LogP contribution in [0.3, 0.4) is 0 Å². The first-order valence-corrected chi connectivity index (χ1v) is 9.48. The van der Waals surface area contributed by atoms with Crippen LogP contribution in [0, 0.1) is 5.92 Å². The molecule has 0 bridgehead atoms. The van der Waals surface area contributed by atoms with E-state index in [1.165, 1.54) is 6.42 Å². The van der Waals surface area contributed by atoms with Gasteiger partial charge in [-0.1, -0.05) is 19.3 Å². The van der Waals surface area contributed by atoms with Crippen LogP contribution in [-0.2, 0) is 4.79 Å². The number of amides is 1. The molecule has 2 N–H and O–H groups in total. The van der Waals surface area contributed by atoms with E-state index < -0.39 is 0 Å². The van der Waals surface area contributed by atoms with Crippen molar-refractivity contribution in [2.75, 3.05) is 32.0 Å². The minimum atomic E-state index is 0.0672. The van der Waals surface area contributed by atoms with Crippen LogP contribution in [0.2, 0.25) is 0 Å². The Morgan fingerprint density at radius 1 is 0.964 bits per heavy atom. The van der Waals surface area contributed by atoms with E-state index in [0.29, 0.717) is 23.1 Å². The van der Waals surface area contributed by atoms with Gasteiger partial charge in [-0.15, -0.1) is 0 Å². The molecule has 1 aromatic heterocycles. The van der Waals surface area contributed by atoms with Gasteiger partial charge in [0.1, 0.15) is 5.82 Å². The van der Waals surface area contributed by atoms with Crippen LogP contribution in [-0.4, -0.2) is 32.2 Å². The molecule has 3 rings (SSSR count). The molecule has 150 valence electrons. The molecule has 1 saturated carbocycles. The van der Waals surface area contributed by atoms with Crippen LogP contribution in [0.1, 0.15) is 32.1 Å². The van der Waals surface area contributed by atoms with Gasteiger partial charge in [0.15, 0.2) is 11.5 Å². The molecule has 0 aliphatic heterocycles. The van der Waals surface area contributed by atoms with Crippen molar-refractivity contribution in [1.29, 1.82) is 0 Å². The van der Waals surface area contributed by atoms with Crippen molar-refractivity contribution in [3.63, 3.8) is 0 Å². The molecule has 0 spiro atoms. The largest absolute Gasteiger partial charge is 0.493 e. The Bertz CT molecular complexity index is 777. The number of ether oxygens (including phenoxy) is 3. The molecular weight excluding hydrogens is 358 g/mol. The number of methoxy groups -OCH3 is 3. The first-order chi connectivity index (χ1) is 13.6. The summed E-state index contributed by atoms with van der Waals surface area (Å²) in [6, 6.07) is 7.30. The lowest BCUT2D eigenvalue weighted by molar-refractivity contribution is -0.120. The van der Waals surface area contributed by atoms with Crippen molar-refractivity contribution >= 4 is 23.1 Å². The molecule has 2 aromatic rings. The van der Waals surface area contributed by atoms with Crippen molar-refractivity contribution < 1.29 is 19.0 Å². The third-order valence-corrected chi connectivity index (χ3v) is 4.94. The number of nitrogens with one attached hydrogen (secondary N) is 2. The predicted molar refractivity (Wildman–Crippen MR) is 109 cm³/mol.